The van der Waals surface area contributed by atoms with Crippen LogP contribution < -0.4 is 5.48 Å². The van der Waals surface area contributed by atoms with Crippen LogP contribution >= 0.6 is 0 Å². The highest BCUT2D eigenvalue weighted by Crippen LogP contribution is 2.51. The summed E-state index contributed by atoms with van der Waals surface area (Å²) in [5.74, 6) is -1.25. The molecule has 1 amide bonds. The third-order valence-electron chi connectivity index (χ3n) is 6.24. The van der Waals surface area contributed by atoms with Gasteiger partial charge in [-0.05, 0) is 43.9 Å². The summed E-state index contributed by atoms with van der Waals surface area (Å²) >= 11 is 0. The number of halogens is 1. The lowest BCUT2D eigenvalue weighted by Gasteiger charge is -2.56. The first-order valence-corrected chi connectivity index (χ1v) is 11.2. The van der Waals surface area contributed by atoms with E-state index in [9.17, 15) is 14.3 Å². The van der Waals surface area contributed by atoms with Crippen molar-refractivity contribution < 1.29 is 24.2 Å². The summed E-state index contributed by atoms with van der Waals surface area (Å²) in [7, 11) is 0. The number of benzene rings is 1. The minimum Gasteiger partial charge on any atom is -0.444 e. The molecule has 1 aromatic heterocycles. The molecule has 4 N–H and O–H groups in total. The summed E-state index contributed by atoms with van der Waals surface area (Å²) in [5, 5.41) is 29.2. The number of ether oxygens (including phenoxy) is 1. The van der Waals surface area contributed by atoms with Crippen molar-refractivity contribution in [1.29, 1.82) is 5.41 Å². The Kier molecular flexibility index (Phi) is 6.74. The lowest BCUT2D eigenvalue weighted by molar-refractivity contribution is -0.131. The number of hydroxylamine groups is 1. The molecule has 0 saturated carbocycles. The first-order chi connectivity index (χ1) is 15.7. The van der Waals surface area contributed by atoms with Crippen LogP contribution in [0, 0.1) is 16.8 Å². The van der Waals surface area contributed by atoms with E-state index in [1.54, 1.807) is 26.3 Å². The van der Waals surface area contributed by atoms with Gasteiger partial charge >= 0.3 is 6.09 Å². The standard InChI is InChI=1S/C25H33FN4O4/c1-15(2)16-7-9-17(10-8-16)25(32,18-11-19(21(27)29-33)20(26)28-12-18)24(6)13-30(14-24)22(31)34-23(3,4)5/h7-12,15,32-33H,13-14H2,1-6H3,(H2,27,29)/t25-/m0/s1. The van der Waals surface area contributed by atoms with E-state index >= 15 is 0 Å². The van der Waals surface area contributed by atoms with Crippen LogP contribution in [0.15, 0.2) is 36.5 Å². The number of amidine groups is 1. The van der Waals surface area contributed by atoms with E-state index in [1.165, 1.54) is 17.2 Å². The van der Waals surface area contributed by atoms with E-state index < -0.39 is 34.5 Å². The number of carbonyl (C=O) groups excluding carboxylic acids is 1. The third-order valence-corrected chi connectivity index (χ3v) is 6.24. The Morgan fingerprint density at radius 1 is 1.24 bits per heavy atom. The normalized spacial score (nSPS) is 17.1. The van der Waals surface area contributed by atoms with Gasteiger partial charge in [0.15, 0.2) is 5.84 Å². The fraction of sp³-hybridized carbons (Fsp3) is 0.480. The van der Waals surface area contributed by atoms with Crippen molar-refractivity contribution in [3.05, 3.63) is 64.7 Å². The van der Waals surface area contributed by atoms with Crippen LogP contribution in [0.1, 0.15) is 69.7 Å². The maximum Gasteiger partial charge on any atom is 0.410 e. The molecule has 1 aliphatic rings. The number of amides is 1. The van der Waals surface area contributed by atoms with Crippen molar-refractivity contribution in [3.63, 3.8) is 0 Å². The Morgan fingerprint density at radius 3 is 2.32 bits per heavy atom. The van der Waals surface area contributed by atoms with Gasteiger partial charge in [0.2, 0.25) is 5.95 Å². The molecule has 0 bridgehead atoms. The van der Waals surface area contributed by atoms with Gasteiger partial charge in [0, 0.05) is 30.3 Å². The first-order valence-electron chi connectivity index (χ1n) is 11.2. The van der Waals surface area contributed by atoms with E-state index in [0.717, 1.165) is 5.56 Å². The molecule has 1 aromatic carbocycles. The molecule has 2 aromatic rings. The molecule has 9 heteroatoms. The highest BCUT2D eigenvalue weighted by atomic mass is 19.1. The maximum absolute atomic E-state index is 14.3. The molecule has 34 heavy (non-hydrogen) atoms. The minimum atomic E-state index is -1.67. The second kappa shape index (κ2) is 8.96. The van der Waals surface area contributed by atoms with Crippen molar-refractivity contribution in [2.75, 3.05) is 13.1 Å². The summed E-state index contributed by atoms with van der Waals surface area (Å²) in [4.78, 5) is 17.8. The number of pyridine rings is 1. The third kappa shape index (κ3) is 4.63. The lowest BCUT2D eigenvalue weighted by Crippen LogP contribution is -2.66. The quantitative estimate of drug-likeness (QED) is 0.225. The molecule has 1 atom stereocenters. The zero-order chi connectivity index (χ0) is 25.5. The molecule has 0 aliphatic carbocycles. The van der Waals surface area contributed by atoms with Gasteiger partial charge in [-0.2, -0.15) is 4.39 Å². The summed E-state index contributed by atoms with van der Waals surface area (Å²) in [5.41, 5.74) is 0.0192. The van der Waals surface area contributed by atoms with Crippen molar-refractivity contribution in [2.45, 2.75) is 58.7 Å². The molecule has 184 valence electrons. The van der Waals surface area contributed by atoms with Gasteiger partial charge in [-0.1, -0.05) is 45.0 Å². The van der Waals surface area contributed by atoms with Gasteiger partial charge in [0.25, 0.3) is 0 Å². The smallest absolute Gasteiger partial charge is 0.410 e. The van der Waals surface area contributed by atoms with Crippen LogP contribution in [0.5, 0.6) is 0 Å². The highest BCUT2D eigenvalue weighted by Gasteiger charge is 2.58. The predicted molar refractivity (Wildman–Crippen MR) is 125 cm³/mol. The number of aromatic nitrogens is 1. The van der Waals surface area contributed by atoms with E-state index in [2.05, 4.69) is 18.8 Å². The Bertz CT molecular complexity index is 1080. The molecular weight excluding hydrogens is 439 g/mol. The van der Waals surface area contributed by atoms with Gasteiger partial charge in [-0.15, -0.1) is 0 Å². The van der Waals surface area contributed by atoms with E-state index in [-0.39, 0.29) is 24.2 Å². The SMILES string of the molecule is CC(C)c1ccc([C@](O)(c2cnc(F)c(C(=N)NO)c2)C2(C)CN(C(=O)OC(C)(C)C)C2)cc1. The number of aliphatic hydroxyl groups is 1. The van der Waals surface area contributed by atoms with Crippen LogP contribution in [-0.2, 0) is 10.3 Å². The van der Waals surface area contributed by atoms with Crippen LogP contribution in [0.2, 0.25) is 0 Å². The van der Waals surface area contributed by atoms with Crippen molar-refractivity contribution in [1.82, 2.24) is 15.4 Å². The predicted octanol–water partition coefficient (Wildman–Crippen LogP) is 4.14. The highest BCUT2D eigenvalue weighted by molar-refractivity contribution is 5.95. The number of hydrogen-bond acceptors (Lipinski definition) is 6. The molecule has 0 spiro atoms. The van der Waals surface area contributed by atoms with E-state index in [1.807, 2.05) is 31.2 Å². The molecular formula is C25H33FN4O4. The van der Waals surface area contributed by atoms with Crippen LogP contribution in [0.3, 0.4) is 0 Å². The summed E-state index contributed by atoms with van der Waals surface area (Å²) in [6, 6.07) is 8.78. The monoisotopic (exact) mass is 472 g/mol. The maximum atomic E-state index is 14.3. The molecule has 1 fully saturated rings. The van der Waals surface area contributed by atoms with Crippen LogP contribution in [-0.4, -0.2) is 50.8 Å². The second-order valence-electron chi connectivity index (χ2n) is 10.4. The van der Waals surface area contributed by atoms with E-state index in [0.29, 0.717) is 11.5 Å². The average Bonchev–Trinajstić information content (AvgIpc) is 2.74. The molecule has 0 radical (unpaired) electrons. The number of nitrogens with one attached hydrogen (secondary N) is 2. The zero-order valence-electron chi connectivity index (χ0n) is 20.4. The Hall–Kier alpha value is -3.04. The van der Waals surface area contributed by atoms with Gasteiger partial charge in [-0.25, -0.2) is 9.78 Å². The van der Waals surface area contributed by atoms with Crippen LogP contribution in [0.4, 0.5) is 9.18 Å². The Balaban J connectivity index is 2.07. The average molecular weight is 473 g/mol. The van der Waals surface area contributed by atoms with Gasteiger partial charge in [0.05, 0.1) is 5.56 Å². The van der Waals surface area contributed by atoms with Crippen LogP contribution in [0.25, 0.3) is 0 Å². The van der Waals surface area contributed by atoms with E-state index in [4.69, 9.17) is 15.4 Å². The number of likely N-dealkylation sites (tertiary alicyclic amines) is 1. The molecule has 8 nitrogen and oxygen atoms in total. The topological polar surface area (TPSA) is 119 Å². The lowest BCUT2D eigenvalue weighted by atomic mass is 9.62. The van der Waals surface area contributed by atoms with Gasteiger partial charge in [-0.3, -0.25) is 16.1 Å². The summed E-state index contributed by atoms with van der Waals surface area (Å²) in [6.45, 7) is 11.7. The van der Waals surface area contributed by atoms with Gasteiger partial charge in [0.1, 0.15) is 11.2 Å². The number of hydrogen-bond donors (Lipinski definition) is 4. The molecule has 1 saturated heterocycles. The van der Waals surface area contributed by atoms with Crippen molar-refractivity contribution >= 4 is 11.9 Å². The second-order valence-corrected chi connectivity index (χ2v) is 10.4. The number of nitrogens with zero attached hydrogens (tertiary/aromatic N) is 2. The molecule has 2 heterocycles. The minimum absolute atomic E-state index is 0.187. The van der Waals surface area contributed by atoms with Crippen molar-refractivity contribution in [2.24, 2.45) is 5.41 Å². The largest absolute Gasteiger partial charge is 0.444 e. The number of rotatable bonds is 5. The summed E-state index contributed by atoms with van der Waals surface area (Å²) < 4.78 is 19.8. The Labute approximate surface area is 199 Å². The fourth-order valence-corrected chi connectivity index (χ4v) is 4.33. The molecule has 1 aliphatic heterocycles. The number of carbonyl (C=O) groups is 1. The summed E-state index contributed by atoms with van der Waals surface area (Å²) in [6.07, 6.45) is 0.743. The fourth-order valence-electron chi connectivity index (χ4n) is 4.33. The zero-order valence-corrected chi connectivity index (χ0v) is 20.4. The molecule has 3 rings (SSSR count). The Morgan fingerprint density at radius 2 is 1.82 bits per heavy atom. The van der Waals surface area contributed by atoms with Gasteiger partial charge < -0.3 is 14.7 Å². The van der Waals surface area contributed by atoms with Crippen molar-refractivity contribution in [3.8, 4) is 0 Å². The first kappa shape index (κ1) is 25.6. The molecule has 0 unspecified atom stereocenters.